The van der Waals surface area contributed by atoms with Crippen LogP contribution in [0.15, 0.2) is 48.5 Å². The highest BCUT2D eigenvalue weighted by Gasteiger charge is 2.32. The standard InChI is InChI=1S/C28H36N2O5/c1-5-30(16-10-15-25(31)32)26(33)24(17-28(2,3)4)29-27(34)35-18-23-21-13-8-6-11-19(21)20-12-7-9-14-22(20)23/h6-9,11-14,23-24H,5,10,15-18H2,1-4H3,(H,29,34)(H,31,32). The number of hydrogen-bond donors (Lipinski definition) is 2. The van der Waals surface area contributed by atoms with Gasteiger partial charge in [-0.05, 0) is 47.4 Å². The fourth-order valence-electron chi connectivity index (χ4n) is 4.66. The molecule has 188 valence electrons. The molecule has 2 amide bonds. The number of nitrogens with zero attached hydrogens (tertiary/aromatic N) is 1. The Hall–Kier alpha value is -3.35. The van der Waals surface area contributed by atoms with Crippen molar-refractivity contribution in [3.63, 3.8) is 0 Å². The predicted molar refractivity (Wildman–Crippen MR) is 135 cm³/mol. The van der Waals surface area contributed by atoms with E-state index in [0.717, 1.165) is 22.3 Å². The molecule has 1 aliphatic carbocycles. The molecule has 35 heavy (non-hydrogen) atoms. The van der Waals surface area contributed by atoms with E-state index in [4.69, 9.17) is 9.84 Å². The zero-order chi connectivity index (χ0) is 25.6. The third-order valence-corrected chi connectivity index (χ3v) is 6.26. The van der Waals surface area contributed by atoms with Gasteiger partial charge < -0.3 is 20.1 Å². The zero-order valence-electron chi connectivity index (χ0n) is 21.0. The SMILES string of the molecule is CCN(CCCC(=O)O)C(=O)C(CC(C)(C)C)NC(=O)OCC1c2ccccc2-c2ccccc21. The minimum atomic E-state index is -0.892. The van der Waals surface area contributed by atoms with Gasteiger partial charge in [-0.2, -0.15) is 0 Å². The fourth-order valence-corrected chi connectivity index (χ4v) is 4.66. The summed E-state index contributed by atoms with van der Waals surface area (Å²) in [6, 6.07) is 15.5. The van der Waals surface area contributed by atoms with Crippen LogP contribution >= 0.6 is 0 Å². The Morgan fingerprint density at radius 1 is 1.03 bits per heavy atom. The van der Waals surface area contributed by atoms with Gasteiger partial charge in [0.1, 0.15) is 12.6 Å². The maximum atomic E-state index is 13.3. The van der Waals surface area contributed by atoms with Gasteiger partial charge in [0.2, 0.25) is 5.91 Å². The normalized spacial score (nSPS) is 13.5. The molecule has 2 aromatic rings. The Labute approximate surface area is 207 Å². The maximum Gasteiger partial charge on any atom is 0.407 e. The second-order valence-corrected chi connectivity index (χ2v) is 10.2. The Kier molecular flexibility index (Phi) is 8.54. The zero-order valence-corrected chi connectivity index (χ0v) is 21.0. The number of rotatable bonds is 10. The third-order valence-electron chi connectivity index (χ3n) is 6.26. The van der Waals surface area contributed by atoms with Gasteiger partial charge in [-0.15, -0.1) is 0 Å². The van der Waals surface area contributed by atoms with E-state index in [1.807, 2.05) is 52.0 Å². The first-order valence-corrected chi connectivity index (χ1v) is 12.2. The lowest BCUT2D eigenvalue weighted by Crippen LogP contribution is -2.50. The number of likely N-dealkylation sites (N-methyl/N-ethyl adjacent to an activating group) is 1. The molecule has 0 aromatic heterocycles. The van der Waals surface area contributed by atoms with E-state index >= 15 is 0 Å². The number of carbonyl (C=O) groups is 3. The molecule has 0 saturated heterocycles. The van der Waals surface area contributed by atoms with Gasteiger partial charge in [0, 0.05) is 25.4 Å². The van der Waals surface area contributed by atoms with Crippen LogP contribution in [0, 0.1) is 5.41 Å². The van der Waals surface area contributed by atoms with Gasteiger partial charge in [-0.1, -0.05) is 69.3 Å². The summed E-state index contributed by atoms with van der Waals surface area (Å²) in [5, 5.41) is 11.7. The third kappa shape index (κ3) is 6.84. The number of benzene rings is 2. The van der Waals surface area contributed by atoms with Crippen molar-refractivity contribution >= 4 is 18.0 Å². The monoisotopic (exact) mass is 480 g/mol. The summed E-state index contributed by atoms with van der Waals surface area (Å²) in [6.07, 6.45) is 0.164. The molecule has 7 nitrogen and oxygen atoms in total. The average Bonchev–Trinajstić information content (AvgIpc) is 3.12. The highest BCUT2D eigenvalue weighted by molar-refractivity contribution is 5.86. The van der Waals surface area contributed by atoms with Crippen LogP contribution in [0.5, 0.6) is 0 Å². The van der Waals surface area contributed by atoms with E-state index in [1.165, 1.54) is 0 Å². The molecule has 0 aliphatic heterocycles. The molecule has 0 spiro atoms. The summed E-state index contributed by atoms with van der Waals surface area (Å²) < 4.78 is 5.66. The van der Waals surface area contributed by atoms with Gasteiger partial charge in [-0.25, -0.2) is 4.79 Å². The number of aliphatic carboxylic acids is 1. The van der Waals surface area contributed by atoms with Crippen LogP contribution in [0.3, 0.4) is 0 Å². The van der Waals surface area contributed by atoms with Crippen LogP contribution in [-0.2, 0) is 14.3 Å². The van der Waals surface area contributed by atoms with Crippen molar-refractivity contribution < 1.29 is 24.2 Å². The van der Waals surface area contributed by atoms with Gasteiger partial charge >= 0.3 is 12.1 Å². The molecule has 1 unspecified atom stereocenters. The molecule has 1 aliphatic rings. The summed E-state index contributed by atoms with van der Waals surface area (Å²) >= 11 is 0. The summed E-state index contributed by atoms with van der Waals surface area (Å²) in [4.78, 5) is 38.6. The first kappa shape index (κ1) is 26.3. The fraction of sp³-hybridized carbons (Fsp3) is 0.464. The van der Waals surface area contributed by atoms with Crippen molar-refractivity contribution in [3.8, 4) is 11.1 Å². The Balaban J connectivity index is 1.68. The largest absolute Gasteiger partial charge is 0.481 e. The second-order valence-electron chi connectivity index (χ2n) is 10.2. The Morgan fingerprint density at radius 3 is 2.11 bits per heavy atom. The quantitative estimate of drug-likeness (QED) is 0.496. The van der Waals surface area contributed by atoms with E-state index in [2.05, 4.69) is 29.6 Å². The second kappa shape index (κ2) is 11.4. The first-order valence-electron chi connectivity index (χ1n) is 12.2. The molecule has 0 heterocycles. The molecule has 0 bridgehead atoms. The van der Waals surface area contributed by atoms with Crippen LogP contribution in [0.2, 0.25) is 0 Å². The summed E-state index contributed by atoms with van der Waals surface area (Å²) in [5.74, 6) is -1.18. The molecule has 3 rings (SSSR count). The Bertz CT molecular complexity index is 1010. The van der Waals surface area contributed by atoms with E-state index in [0.29, 0.717) is 25.9 Å². The Morgan fingerprint density at radius 2 is 1.60 bits per heavy atom. The number of nitrogens with one attached hydrogen (secondary N) is 1. The highest BCUT2D eigenvalue weighted by Crippen LogP contribution is 2.44. The van der Waals surface area contributed by atoms with E-state index in [-0.39, 0.29) is 30.3 Å². The van der Waals surface area contributed by atoms with Gasteiger partial charge in [0.05, 0.1) is 0 Å². The summed E-state index contributed by atoms with van der Waals surface area (Å²) in [6.45, 7) is 8.81. The smallest absolute Gasteiger partial charge is 0.407 e. The number of carboxylic acid groups (broad SMARTS) is 1. The van der Waals surface area contributed by atoms with Crippen molar-refractivity contribution in [1.82, 2.24) is 10.2 Å². The molecular formula is C28H36N2O5. The van der Waals surface area contributed by atoms with Gasteiger partial charge in [-0.3, -0.25) is 9.59 Å². The van der Waals surface area contributed by atoms with Crippen molar-refractivity contribution in [2.45, 2.75) is 58.9 Å². The molecule has 0 fully saturated rings. The van der Waals surface area contributed by atoms with Crippen LogP contribution in [0.4, 0.5) is 4.79 Å². The average molecular weight is 481 g/mol. The molecule has 0 saturated carbocycles. The van der Waals surface area contributed by atoms with Gasteiger partial charge in [0.25, 0.3) is 0 Å². The lowest BCUT2D eigenvalue weighted by atomic mass is 9.87. The lowest BCUT2D eigenvalue weighted by molar-refractivity contribution is -0.138. The van der Waals surface area contributed by atoms with E-state index in [9.17, 15) is 14.4 Å². The van der Waals surface area contributed by atoms with Crippen molar-refractivity contribution in [1.29, 1.82) is 0 Å². The number of amides is 2. The molecule has 1 atom stereocenters. The van der Waals surface area contributed by atoms with Crippen LogP contribution in [0.25, 0.3) is 11.1 Å². The number of hydrogen-bond acceptors (Lipinski definition) is 4. The van der Waals surface area contributed by atoms with Crippen LogP contribution < -0.4 is 5.32 Å². The number of carboxylic acids is 1. The minimum absolute atomic E-state index is 0.00642. The first-order chi connectivity index (χ1) is 16.6. The number of fused-ring (bicyclic) bond motifs is 3. The van der Waals surface area contributed by atoms with E-state index in [1.54, 1.807) is 4.90 Å². The molecule has 2 N–H and O–H groups in total. The molecular weight excluding hydrogens is 444 g/mol. The number of alkyl carbamates (subject to hydrolysis) is 1. The molecule has 2 aromatic carbocycles. The maximum absolute atomic E-state index is 13.3. The van der Waals surface area contributed by atoms with Gasteiger partial charge in [0.15, 0.2) is 0 Å². The minimum Gasteiger partial charge on any atom is -0.481 e. The van der Waals surface area contributed by atoms with Crippen molar-refractivity contribution in [3.05, 3.63) is 59.7 Å². The van der Waals surface area contributed by atoms with E-state index < -0.39 is 18.1 Å². The number of carbonyl (C=O) groups excluding carboxylic acids is 2. The van der Waals surface area contributed by atoms with Crippen LogP contribution in [-0.4, -0.2) is 53.7 Å². The topological polar surface area (TPSA) is 95.9 Å². The van der Waals surface area contributed by atoms with Crippen LogP contribution in [0.1, 0.15) is 64.0 Å². The summed E-state index contributed by atoms with van der Waals surface area (Å²) in [7, 11) is 0. The molecule has 7 heteroatoms. The lowest BCUT2D eigenvalue weighted by Gasteiger charge is -2.30. The highest BCUT2D eigenvalue weighted by atomic mass is 16.5. The predicted octanol–water partition coefficient (Wildman–Crippen LogP) is 5.04. The van der Waals surface area contributed by atoms with Crippen molar-refractivity contribution in [2.24, 2.45) is 5.41 Å². The molecule has 0 radical (unpaired) electrons. The summed E-state index contributed by atoms with van der Waals surface area (Å²) in [5.41, 5.74) is 4.34. The number of ether oxygens (including phenoxy) is 1. The van der Waals surface area contributed by atoms with Crippen molar-refractivity contribution in [2.75, 3.05) is 19.7 Å².